The van der Waals surface area contributed by atoms with E-state index < -0.39 is 5.63 Å². The monoisotopic (exact) mass is 362 g/mol. The van der Waals surface area contributed by atoms with Gasteiger partial charge in [0.05, 0.1) is 0 Å². The fraction of sp³-hybridized carbons (Fsp3) is 0.273. The highest BCUT2D eigenvalue weighted by Gasteiger charge is 2.25. The van der Waals surface area contributed by atoms with Crippen molar-refractivity contribution in [2.75, 3.05) is 26.2 Å². The fourth-order valence-electron chi connectivity index (χ4n) is 3.56. The molecule has 5 heteroatoms. The molecule has 3 aromatic rings. The average molecular weight is 362 g/mol. The molecule has 0 radical (unpaired) electrons. The van der Waals surface area contributed by atoms with E-state index in [1.165, 1.54) is 5.56 Å². The Hall–Kier alpha value is -2.92. The summed E-state index contributed by atoms with van der Waals surface area (Å²) < 4.78 is 5.42. The van der Waals surface area contributed by atoms with Crippen molar-refractivity contribution in [2.24, 2.45) is 0 Å². The van der Waals surface area contributed by atoms with Crippen molar-refractivity contribution in [3.63, 3.8) is 0 Å². The van der Waals surface area contributed by atoms with Gasteiger partial charge in [-0.1, -0.05) is 48.5 Å². The van der Waals surface area contributed by atoms with Crippen LogP contribution in [0.5, 0.6) is 0 Å². The molecule has 0 aliphatic carbocycles. The Morgan fingerprint density at radius 3 is 2.48 bits per heavy atom. The van der Waals surface area contributed by atoms with Gasteiger partial charge in [-0.2, -0.15) is 0 Å². The summed E-state index contributed by atoms with van der Waals surface area (Å²) in [5, 5.41) is 0.778. The number of rotatable bonds is 3. The number of fused-ring (bicyclic) bond motifs is 1. The first kappa shape index (κ1) is 17.5. The molecule has 1 saturated heterocycles. The molecule has 0 N–H and O–H groups in total. The van der Waals surface area contributed by atoms with Crippen LogP contribution in [0.4, 0.5) is 0 Å². The van der Waals surface area contributed by atoms with Crippen LogP contribution in [0.15, 0.2) is 63.8 Å². The smallest absolute Gasteiger partial charge is 0.349 e. The molecule has 1 aromatic heterocycles. The lowest BCUT2D eigenvalue weighted by Gasteiger charge is -2.34. The van der Waals surface area contributed by atoms with Crippen LogP contribution in [0.25, 0.3) is 11.0 Å². The first-order chi connectivity index (χ1) is 13.1. The Bertz CT molecular complexity index is 1020. The molecule has 0 unspecified atom stereocenters. The van der Waals surface area contributed by atoms with Crippen molar-refractivity contribution in [1.82, 2.24) is 9.80 Å². The highest BCUT2D eigenvalue weighted by Crippen LogP contribution is 2.18. The van der Waals surface area contributed by atoms with E-state index >= 15 is 0 Å². The van der Waals surface area contributed by atoms with Gasteiger partial charge in [0.1, 0.15) is 11.1 Å². The van der Waals surface area contributed by atoms with E-state index in [-0.39, 0.29) is 11.5 Å². The predicted octanol–water partition coefficient (Wildman–Crippen LogP) is 3.06. The second-order valence-corrected chi connectivity index (χ2v) is 6.99. The number of amides is 1. The molecule has 1 amide bonds. The van der Waals surface area contributed by atoms with Gasteiger partial charge >= 0.3 is 5.63 Å². The number of para-hydroxylation sites is 1. The Balaban J connectivity index is 1.47. The minimum atomic E-state index is -0.562. The molecule has 5 nitrogen and oxygen atoms in total. The van der Waals surface area contributed by atoms with Gasteiger partial charge in [-0.3, -0.25) is 9.69 Å². The molecule has 0 spiro atoms. The third-order valence-electron chi connectivity index (χ3n) is 5.10. The van der Waals surface area contributed by atoms with Gasteiger partial charge in [-0.25, -0.2) is 4.79 Å². The molecule has 4 rings (SSSR count). The molecule has 0 bridgehead atoms. The molecule has 1 aliphatic rings. The predicted molar refractivity (Wildman–Crippen MR) is 105 cm³/mol. The topological polar surface area (TPSA) is 53.8 Å². The lowest BCUT2D eigenvalue weighted by atomic mass is 10.1. The van der Waals surface area contributed by atoms with Gasteiger partial charge < -0.3 is 9.32 Å². The molecule has 0 atom stereocenters. The summed E-state index contributed by atoms with van der Waals surface area (Å²) in [5.74, 6) is -0.244. The van der Waals surface area contributed by atoms with Crippen molar-refractivity contribution < 1.29 is 9.21 Å². The zero-order valence-electron chi connectivity index (χ0n) is 15.4. The third-order valence-corrected chi connectivity index (χ3v) is 5.10. The van der Waals surface area contributed by atoms with Crippen LogP contribution < -0.4 is 5.63 Å². The maximum absolute atomic E-state index is 12.9. The summed E-state index contributed by atoms with van der Waals surface area (Å²) in [6, 6.07) is 17.6. The molecule has 2 aromatic carbocycles. The quantitative estimate of drug-likeness (QED) is 0.672. The number of hydrogen-bond donors (Lipinski definition) is 0. The summed E-state index contributed by atoms with van der Waals surface area (Å²) in [5.41, 5.74) is 2.26. The van der Waals surface area contributed by atoms with Crippen LogP contribution in [0.2, 0.25) is 0 Å². The van der Waals surface area contributed by atoms with Crippen LogP contribution in [0.1, 0.15) is 21.5 Å². The van der Waals surface area contributed by atoms with Crippen molar-refractivity contribution in [2.45, 2.75) is 13.5 Å². The van der Waals surface area contributed by atoms with Crippen LogP contribution >= 0.6 is 0 Å². The number of carbonyl (C=O) groups is 1. The second kappa shape index (κ2) is 7.37. The number of carbonyl (C=O) groups excluding carboxylic acids is 1. The Morgan fingerprint density at radius 1 is 1.00 bits per heavy atom. The lowest BCUT2D eigenvalue weighted by molar-refractivity contribution is 0.0624. The van der Waals surface area contributed by atoms with E-state index in [4.69, 9.17) is 4.42 Å². The van der Waals surface area contributed by atoms with Gasteiger partial charge in [0.25, 0.3) is 5.91 Å². The van der Waals surface area contributed by atoms with Gasteiger partial charge in [-0.15, -0.1) is 0 Å². The molecule has 27 heavy (non-hydrogen) atoms. The van der Waals surface area contributed by atoms with Crippen molar-refractivity contribution in [3.8, 4) is 0 Å². The SMILES string of the molecule is Cc1cccc2cc(C(=O)N3CCN(Cc4ccccc4)CC3)c(=O)oc12. The number of aryl methyl sites for hydroxylation is 1. The average Bonchev–Trinajstić information content (AvgIpc) is 2.69. The van der Waals surface area contributed by atoms with Crippen molar-refractivity contribution >= 4 is 16.9 Å². The van der Waals surface area contributed by atoms with Crippen LogP contribution in [0.3, 0.4) is 0 Å². The van der Waals surface area contributed by atoms with Crippen LogP contribution in [0, 0.1) is 6.92 Å². The number of nitrogens with zero attached hydrogens (tertiary/aromatic N) is 2. The van der Waals surface area contributed by atoms with E-state index in [1.807, 2.05) is 43.3 Å². The summed E-state index contributed by atoms with van der Waals surface area (Å²) in [6.07, 6.45) is 0. The second-order valence-electron chi connectivity index (χ2n) is 6.99. The lowest BCUT2D eigenvalue weighted by Crippen LogP contribution is -2.49. The number of piperazine rings is 1. The minimum Gasteiger partial charge on any atom is -0.422 e. The van der Waals surface area contributed by atoms with E-state index in [0.29, 0.717) is 18.7 Å². The highest BCUT2D eigenvalue weighted by molar-refractivity contribution is 5.97. The third kappa shape index (κ3) is 3.64. The van der Waals surface area contributed by atoms with Crippen molar-refractivity contribution in [1.29, 1.82) is 0 Å². The fourth-order valence-corrected chi connectivity index (χ4v) is 3.56. The van der Waals surface area contributed by atoms with E-state index in [1.54, 1.807) is 11.0 Å². The van der Waals surface area contributed by atoms with Crippen molar-refractivity contribution in [3.05, 3.63) is 81.7 Å². The Kier molecular flexibility index (Phi) is 4.77. The summed E-state index contributed by atoms with van der Waals surface area (Å²) >= 11 is 0. The summed E-state index contributed by atoms with van der Waals surface area (Å²) in [4.78, 5) is 29.3. The first-order valence-corrected chi connectivity index (χ1v) is 9.21. The molecular formula is C22H22N2O3. The van der Waals surface area contributed by atoms with Gasteiger partial charge in [0.2, 0.25) is 0 Å². The van der Waals surface area contributed by atoms with Crippen LogP contribution in [-0.2, 0) is 6.54 Å². The largest absolute Gasteiger partial charge is 0.422 e. The summed E-state index contributed by atoms with van der Waals surface area (Å²) in [6.45, 7) is 5.56. The van der Waals surface area contributed by atoms with E-state index in [9.17, 15) is 9.59 Å². The minimum absolute atomic E-state index is 0.115. The zero-order chi connectivity index (χ0) is 18.8. The molecule has 1 aliphatic heterocycles. The van der Waals surface area contributed by atoms with E-state index in [0.717, 1.165) is 30.6 Å². The number of hydrogen-bond acceptors (Lipinski definition) is 4. The maximum atomic E-state index is 12.9. The Labute approximate surface area is 157 Å². The molecular weight excluding hydrogens is 340 g/mol. The summed E-state index contributed by atoms with van der Waals surface area (Å²) in [7, 11) is 0. The molecule has 138 valence electrons. The van der Waals surface area contributed by atoms with Gasteiger partial charge in [0.15, 0.2) is 0 Å². The molecule has 1 fully saturated rings. The van der Waals surface area contributed by atoms with E-state index in [2.05, 4.69) is 17.0 Å². The zero-order valence-corrected chi connectivity index (χ0v) is 15.4. The number of benzene rings is 2. The first-order valence-electron chi connectivity index (χ1n) is 9.21. The van der Waals surface area contributed by atoms with Crippen LogP contribution in [-0.4, -0.2) is 41.9 Å². The normalized spacial score (nSPS) is 15.2. The maximum Gasteiger partial charge on any atom is 0.349 e. The van der Waals surface area contributed by atoms with Gasteiger partial charge in [0, 0.05) is 38.1 Å². The Morgan fingerprint density at radius 2 is 1.74 bits per heavy atom. The molecule has 2 heterocycles. The standard InChI is InChI=1S/C22H22N2O3/c1-16-6-5-9-18-14-19(22(26)27-20(16)18)21(25)24-12-10-23(11-13-24)15-17-7-3-2-4-8-17/h2-9,14H,10-13,15H2,1H3. The van der Waals surface area contributed by atoms with Gasteiger partial charge in [-0.05, 0) is 24.1 Å². The highest BCUT2D eigenvalue weighted by atomic mass is 16.4. The molecule has 0 saturated carbocycles.